The first-order chi connectivity index (χ1) is 11.7. The molecule has 0 fully saturated rings. The normalized spacial score (nSPS) is 11.2. The van der Waals surface area contributed by atoms with Crippen molar-refractivity contribution in [3.05, 3.63) is 59.8 Å². The Morgan fingerprint density at radius 2 is 2.08 bits per heavy atom. The molecule has 24 heavy (non-hydrogen) atoms. The van der Waals surface area contributed by atoms with E-state index >= 15 is 0 Å². The maximum absolute atomic E-state index is 11.2. The van der Waals surface area contributed by atoms with Crippen LogP contribution in [-0.2, 0) is 6.42 Å². The van der Waals surface area contributed by atoms with Gasteiger partial charge in [0.25, 0.3) is 5.91 Å². The van der Waals surface area contributed by atoms with Crippen molar-refractivity contribution in [3.63, 3.8) is 0 Å². The third-order valence-corrected chi connectivity index (χ3v) is 3.94. The highest BCUT2D eigenvalue weighted by molar-refractivity contribution is 6.08. The molecule has 2 heterocycles. The van der Waals surface area contributed by atoms with E-state index in [4.69, 9.17) is 19.3 Å². The number of hydrogen-bond donors (Lipinski definition) is 1. The van der Waals surface area contributed by atoms with Crippen LogP contribution in [0.4, 0.5) is 0 Å². The molecule has 2 N–H and O–H groups in total. The van der Waals surface area contributed by atoms with E-state index in [9.17, 15) is 4.79 Å². The maximum atomic E-state index is 11.2. The van der Waals surface area contributed by atoms with Gasteiger partial charge in [0.2, 0.25) is 0 Å². The van der Waals surface area contributed by atoms with Crippen LogP contribution >= 0.6 is 0 Å². The second-order valence-electron chi connectivity index (χ2n) is 5.40. The van der Waals surface area contributed by atoms with Gasteiger partial charge in [0.05, 0.1) is 13.5 Å². The Hall–Kier alpha value is -3.28. The molecule has 0 radical (unpaired) electrons. The minimum Gasteiger partial charge on any atom is -0.493 e. The molecule has 4 rings (SSSR count). The van der Waals surface area contributed by atoms with Crippen LogP contribution in [0.5, 0.6) is 5.75 Å². The molecule has 6 heteroatoms. The topological polar surface area (TPSA) is 91.5 Å². The van der Waals surface area contributed by atoms with Crippen molar-refractivity contribution in [2.75, 3.05) is 7.11 Å². The average molecular weight is 322 g/mol. The largest absolute Gasteiger partial charge is 0.493 e. The van der Waals surface area contributed by atoms with Gasteiger partial charge in [0.1, 0.15) is 11.8 Å². The summed E-state index contributed by atoms with van der Waals surface area (Å²) in [6.07, 6.45) is 1.68. The Morgan fingerprint density at radius 1 is 1.25 bits per heavy atom. The van der Waals surface area contributed by atoms with Crippen molar-refractivity contribution in [1.82, 2.24) is 4.98 Å². The summed E-state index contributed by atoms with van der Waals surface area (Å²) in [6, 6.07) is 11.6. The monoisotopic (exact) mass is 322 g/mol. The number of ether oxygens (including phenoxy) is 1. The lowest BCUT2D eigenvalue weighted by Gasteiger charge is -2.05. The third-order valence-electron chi connectivity index (χ3n) is 3.94. The predicted molar refractivity (Wildman–Crippen MR) is 88.1 cm³/mol. The molecule has 0 aliphatic rings. The van der Waals surface area contributed by atoms with Crippen LogP contribution in [0.15, 0.2) is 51.5 Å². The van der Waals surface area contributed by atoms with Gasteiger partial charge in [-0.05, 0) is 17.7 Å². The van der Waals surface area contributed by atoms with Crippen molar-refractivity contribution >= 4 is 27.8 Å². The zero-order valence-corrected chi connectivity index (χ0v) is 12.9. The fraction of sp³-hybridized carbons (Fsp3) is 0.111. The molecule has 0 bridgehead atoms. The van der Waals surface area contributed by atoms with Gasteiger partial charge in [-0.2, -0.15) is 0 Å². The highest BCUT2D eigenvalue weighted by Crippen LogP contribution is 2.37. The molecule has 2 aromatic heterocycles. The summed E-state index contributed by atoms with van der Waals surface area (Å²) >= 11 is 0. The van der Waals surface area contributed by atoms with E-state index < -0.39 is 5.91 Å². The number of carbonyl (C=O) groups excluding carboxylic acids is 1. The fourth-order valence-electron chi connectivity index (χ4n) is 2.85. The van der Waals surface area contributed by atoms with Gasteiger partial charge < -0.3 is 19.3 Å². The van der Waals surface area contributed by atoms with Gasteiger partial charge in [-0.3, -0.25) is 4.79 Å². The van der Waals surface area contributed by atoms with E-state index in [-0.39, 0.29) is 5.69 Å². The quantitative estimate of drug-likeness (QED) is 0.622. The first-order valence-corrected chi connectivity index (χ1v) is 7.38. The van der Waals surface area contributed by atoms with Crippen LogP contribution < -0.4 is 10.5 Å². The lowest BCUT2D eigenvalue weighted by molar-refractivity contribution is 0.0995. The fourth-order valence-corrected chi connectivity index (χ4v) is 2.85. The first kappa shape index (κ1) is 14.3. The SMILES string of the molecule is COc1ccc(Cc2nc(C(N)=O)co2)c2c1oc1ccccc12. The number of furan rings is 1. The number of primary amides is 1. The molecule has 2 aromatic carbocycles. The summed E-state index contributed by atoms with van der Waals surface area (Å²) in [5.74, 6) is 0.467. The van der Waals surface area contributed by atoms with Crippen LogP contribution in [0.1, 0.15) is 21.9 Å². The van der Waals surface area contributed by atoms with Crippen molar-refractivity contribution in [3.8, 4) is 5.75 Å². The van der Waals surface area contributed by atoms with E-state index in [1.807, 2.05) is 36.4 Å². The number of rotatable bonds is 4. The molecular weight excluding hydrogens is 308 g/mol. The van der Waals surface area contributed by atoms with E-state index in [0.29, 0.717) is 23.6 Å². The van der Waals surface area contributed by atoms with Crippen molar-refractivity contribution in [2.45, 2.75) is 6.42 Å². The zero-order chi connectivity index (χ0) is 16.7. The van der Waals surface area contributed by atoms with Crippen molar-refractivity contribution in [1.29, 1.82) is 0 Å². The number of aromatic nitrogens is 1. The molecule has 4 aromatic rings. The highest BCUT2D eigenvalue weighted by Gasteiger charge is 2.17. The molecule has 6 nitrogen and oxygen atoms in total. The number of nitrogens with zero attached hydrogens (tertiary/aromatic N) is 1. The minimum atomic E-state index is -0.612. The summed E-state index contributed by atoms with van der Waals surface area (Å²) in [7, 11) is 1.61. The molecule has 0 aliphatic heterocycles. The maximum Gasteiger partial charge on any atom is 0.270 e. The number of benzene rings is 2. The number of carbonyl (C=O) groups is 1. The summed E-state index contributed by atoms with van der Waals surface area (Å²) in [4.78, 5) is 15.3. The Labute approximate surface area is 136 Å². The summed E-state index contributed by atoms with van der Waals surface area (Å²) in [5.41, 5.74) is 7.76. The molecule has 0 spiro atoms. The van der Waals surface area contributed by atoms with Crippen LogP contribution in [-0.4, -0.2) is 18.0 Å². The lowest BCUT2D eigenvalue weighted by atomic mass is 10.0. The Balaban J connectivity index is 1.89. The summed E-state index contributed by atoms with van der Waals surface area (Å²) in [5, 5.41) is 1.94. The number of amides is 1. The van der Waals surface area contributed by atoms with Gasteiger partial charge in [-0.1, -0.05) is 24.3 Å². The Kier molecular flexibility index (Phi) is 3.23. The molecule has 0 atom stereocenters. The van der Waals surface area contributed by atoms with Crippen LogP contribution in [0.2, 0.25) is 0 Å². The van der Waals surface area contributed by atoms with E-state index in [2.05, 4.69) is 4.98 Å². The number of para-hydroxylation sites is 1. The molecular formula is C18H14N2O4. The lowest BCUT2D eigenvalue weighted by Crippen LogP contribution is -2.11. The highest BCUT2D eigenvalue weighted by atomic mass is 16.5. The summed E-state index contributed by atoms with van der Waals surface area (Å²) < 4.78 is 16.7. The molecule has 0 aliphatic carbocycles. The van der Waals surface area contributed by atoms with Crippen LogP contribution in [0.3, 0.4) is 0 Å². The molecule has 0 unspecified atom stereocenters. The number of oxazole rings is 1. The number of hydrogen-bond acceptors (Lipinski definition) is 5. The van der Waals surface area contributed by atoms with E-state index in [0.717, 1.165) is 21.9 Å². The first-order valence-electron chi connectivity index (χ1n) is 7.38. The molecule has 0 saturated heterocycles. The van der Waals surface area contributed by atoms with Crippen molar-refractivity contribution in [2.24, 2.45) is 5.73 Å². The van der Waals surface area contributed by atoms with Crippen LogP contribution in [0.25, 0.3) is 21.9 Å². The average Bonchev–Trinajstić information content (AvgIpc) is 3.19. The minimum absolute atomic E-state index is 0.117. The zero-order valence-electron chi connectivity index (χ0n) is 12.9. The molecule has 0 saturated carbocycles. The number of nitrogens with two attached hydrogens (primary N) is 1. The van der Waals surface area contributed by atoms with Gasteiger partial charge in [0.15, 0.2) is 22.9 Å². The summed E-state index contributed by atoms with van der Waals surface area (Å²) in [6.45, 7) is 0. The van der Waals surface area contributed by atoms with Crippen molar-refractivity contribution < 1.29 is 18.4 Å². The van der Waals surface area contributed by atoms with Gasteiger partial charge in [-0.25, -0.2) is 4.98 Å². The Bertz CT molecular complexity index is 1060. The number of methoxy groups -OCH3 is 1. The van der Waals surface area contributed by atoms with Gasteiger partial charge in [0, 0.05) is 10.8 Å². The molecule has 1 amide bonds. The smallest absolute Gasteiger partial charge is 0.270 e. The predicted octanol–water partition coefficient (Wildman–Crippen LogP) is 3.27. The van der Waals surface area contributed by atoms with E-state index in [1.165, 1.54) is 6.26 Å². The van der Waals surface area contributed by atoms with E-state index in [1.54, 1.807) is 7.11 Å². The van der Waals surface area contributed by atoms with Gasteiger partial charge >= 0.3 is 0 Å². The second kappa shape index (κ2) is 5.42. The number of fused-ring (bicyclic) bond motifs is 3. The second-order valence-corrected chi connectivity index (χ2v) is 5.40. The third kappa shape index (κ3) is 2.20. The van der Waals surface area contributed by atoms with Gasteiger partial charge in [-0.15, -0.1) is 0 Å². The molecule has 120 valence electrons. The van der Waals surface area contributed by atoms with Crippen LogP contribution in [0, 0.1) is 0 Å². The standard InChI is InChI=1S/C18H14N2O4/c1-22-14-7-6-10(8-15-20-12(9-23-15)18(19)21)16-11-4-2-3-5-13(11)24-17(14)16/h2-7,9H,8H2,1H3,(H2,19,21). The Morgan fingerprint density at radius 3 is 2.83 bits per heavy atom.